The van der Waals surface area contributed by atoms with Crippen LogP contribution in [0.15, 0.2) is 11.6 Å². The Morgan fingerprint density at radius 1 is 1.33 bits per heavy atom. The average Bonchev–Trinajstić information content (AvgIpc) is 2.76. The van der Waals surface area contributed by atoms with Crippen molar-refractivity contribution in [3.8, 4) is 0 Å². The number of hydrogen-bond acceptors (Lipinski definition) is 4. The number of nitrogens with zero attached hydrogens (tertiary/aromatic N) is 1. The van der Waals surface area contributed by atoms with Crippen molar-refractivity contribution in [2.45, 2.75) is 51.8 Å². The van der Waals surface area contributed by atoms with Crippen molar-refractivity contribution in [3.05, 3.63) is 11.6 Å². The summed E-state index contributed by atoms with van der Waals surface area (Å²) in [4.78, 5) is 36.0. The Hall–Kier alpha value is -1.89. The number of allylic oxidation sites excluding steroid dienone is 1. The third-order valence-corrected chi connectivity index (χ3v) is 3.36. The fourth-order valence-electron chi connectivity index (χ4n) is 2.25. The van der Waals surface area contributed by atoms with Gasteiger partial charge in [-0.15, -0.1) is 0 Å². The van der Waals surface area contributed by atoms with Crippen molar-refractivity contribution >= 4 is 17.8 Å². The number of aliphatic carboxylic acids is 1. The normalized spacial score (nSPS) is 22.6. The van der Waals surface area contributed by atoms with E-state index in [4.69, 9.17) is 5.11 Å². The number of carbonyl (C=O) groups is 3. The van der Waals surface area contributed by atoms with Crippen LogP contribution in [-0.2, 0) is 14.4 Å². The largest absolute Gasteiger partial charge is 0.480 e. The van der Waals surface area contributed by atoms with Gasteiger partial charge in [0.25, 0.3) is 0 Å². The molecule has 1 saturated heterocycles. The average molecular weight is 298 g/mol. The lowest BCUT2D eigenvalue weighted by Gasteiger charge is -2.23. The molecule has 0 aromatic carbocycles. The molecule has 1 heterocycles. The summed E-state index contributed by atoms with van der Waals surface area (Å²) in [7, 11) is 0. The van der Waals surface area contributed by atoms with Gasteiger partial charge in [0.1, 0.15) is 12.1 Å². The predicted octanol–water partition coefficient (Wildman–Crippen LogP) is -0.106. The molecule has 1 aliphatic rings. The number of carboxylic acids is 1. The highest BCUT2D eigenvalue weighted by Gasteiger charge is 2.38. The van der Waals surface area contributed by atoms with E-state index in [1.54, 1.807) is 6.08 Å². The summed E-state index contributed by atoms with van der Waals surface area (Å²) >= 11 is 0. The molecule has 0 aromatic rings. The minimum atomic E-state index is -1.13. The zero-order chi connectivity index (χ0) is 16.2. The van der Waals surface area contributed by atoms with Gasteiger partial charge in [0.15, 0.2) is 0 Å². The van der Waals surface area contributed by atoms with E-state index >= 15 is 0 Å². The maximum atomic E-state index is 12.2. The second-order valence-electron chi connectivity index (χ2n) is 5.49. The molecule has 0 saturated carbocycles. The van der Waals surface area contributed by atoms with Crippen molar-refractivity contribution in [3.63, 3.8) is 0 Å². The topological polar surface area (TPSA) is 107 Å². The van der Waals surface area contributed by atoms with Gasteiger partial charge in [-0.05, 0) is 20.3 Å². The number of aliphatic hydroxyl groups is 1. The van der Waals surface area contributed by atoms with Crippen LogP contribution < -0.4 is 5.32 Å². The molecule has 3 N–H and O–H groups in total. The van der Waals surface area contributed by atoms with Gasteiger partial charge in [0.2, 0.25) is 11.8 Å². The van der Waals surface area contributed by atoms with Gasteiger partial charge in [0, 0.05) is 19.9 Å². The molecule has 0 bridgehead atoms. The van der Waals surface area contributed by atoms with Gasteiger partial charge in [-0.1, -0.05) is 11.6 Å². The zero-order valence-corrected chi connectivity index (χ0v) is 12.5. The van der Waals surface area contributed by atoms with E-state index in [0.29, 0.717) is 0 Å². The lowest BCUT2D eigenvalue weighted by Crippen LogP contribution is -2.50. The molecule has 7 nitrogen and oxygen atoms in total. The number of aliphatic hydroxyl groups excluding tert-OH is 1. The molecule has 1 fully saturated rings. The molecule has 21 heavy (non-hydrogen) atoms. The van der Waals surface area contributed by atoms with Gasteiger partial charge >= 0.3 is 5.97 Å². The Bertz CT molecular complexity index is 456. The third-order valence-electron chi connectivity index (χ3n) is 3.36. The Labute approximate surface area is 123 Å². The van der Waals surface area contributed by atoms with Crippen molar-refractivity contribution in [2.75, 3.05) is 6.54 Å². The summed E-state index contributed by atoms with van der Waals surface area (Å²) in [5, 5.41) is 21.1. The molecule has 0 aromatic heterocycles. The zero-order valence-electron chi connectivity index (χ0n) is 12.5. The molecule has 0 spiro atoms. The van der Waals surface area contributed by atoms with Crippen LogP contribution in [0.2, 0.25) is 0 Å². The van der Waals surface area contributed by atoms with E-state index in [0.717, 1.165) is 5.57 Å². The standard InChI is InChI=1S/C14H22N2O5/c1-8(2)4-5-11(14(20)21)15-13(19)12-6-10(18)7-16(12)9(3)17/h4,10-12,18H,5-7H2,1-3H3,(H,15,19)(H,20,21)/t10-,11+,12+/m1/s1. The Kier molecular flexibility index (Phi) is 5.90. The van der Waals surface area contributed by atoms with Crippen LogP contribution in [0.1, 0.15) is 33.6 Å². The third kappa shape index (κ3) is 4.86. The first-order valence-electron chi connectivity index (χ1n) is 6.84. The van der Waals surface area contributed by atoms with Gasteiger partial charge < -0.3 is 20.4 Å². The van der Waals surface area contributed by atoms with Crippen molar-refractivity contribution in [1.82, 2.24) is 10.2 Å². The van der Waals surface area contributed by atoms with Crippen LogP contribution >= 0.6 is 0 Å². The van der Waals surface area contributed by atoms with Crippen LogP contribution in [0.25, 0.3) is 0 Å². The predicted molar refractivity (Wildman–Crippen MR) is 75.4 cm³/mol. The lowest BCUT2D eigenvalue weighted by atomic mass is 10.1. The number of β-amino-alcohol motifs (C(OH)–C–C–N with tert-alkyl or cyclic N) is 1. The molecule has 1 rings (SSSR count). The summed E-state index contributed by atoms with van der Waals surface area (Å²) in [5.74, 6) is -1.99. The fourth-order valence-corrected chi connectivity index (χ4v) is 2.25. The van der Waals surface area contributed by atoms with Crippen LogP contribution in [-0.4, -0.2) is 57.6 Å². The Morgan fingerprint density at radius 3 is 2.43 bits per heavy atom. The number of rotatable bonds is 5. The van der Waals surface area contributed by atoms with Crippen molar-refractivity contribution < 1.29 is 24.6 Å². The van der Waals surface area contributed by atoms with E-state index < -0.39 is 30.1 Å². The molecule has 7 heteroatoms. The maximum Gasteiger partial charge on any atom is 0.326 e. The van der Waals surface area contributed by atoms with Gasteiger partial charge in [-0.3, -0.25) is 9.59 Å². The van der Waals surface area contributed by atoms with E-state index in [-0.39, 0.29) is 25.3 Å². The smallest absolute Gasteiger partial charge is 0.326 e. The van der Waals surface area contributed by atoms with E-state index in [1.165, 1.54) is 11.8 Å². The lowest BCUT2D eigenvalue weighted by molar-refractivity contribution is -0.143. The van der Waals surface area contributed by atoms with E-state index in [9.17, 15) is 19.5 Å². The summed E-state index contributed by atoms with van der Waals surface area (Å²) in [6, 6.07) is -1.86. The van der Waals surface area contributed by atoms with Crippen LogP contribution in [0.3, 0.4) is 0 Å². The maximum absolute atomic E-state index is 12.2. The van der Waals surface area contributed by atoms with Crippen LogP contribution in [0.5, 0.6) is 0 Å². The minimum absolute atomic E-state index is 0.0964. The molecule has 3 atom stereocenters. The highest BCUT2D eigenvalue weighted by Crippen LogP contribution is 2.18. The molecule has 0 radical (unpaired) electrons. The summed E-state index contributed by atoms with van der Waals surface area (Å²) in [6.45, 7) is 5.09. The number of likely N-dealkylation sites (tertiary alicyclic amines) is 1. The molecule has 1 aliphatic heterocycles. The van der Waals surface area contributed by atoms with Crippen molar-refractivity contribution in [2.24, 2.45) is 0 Å². The van der Waals surface area contributed by atoms with Crippen molar-refractivity contribution in [1.29, 1.82) is 0 Å². The van der Waals surface area contributed by atoms with Crippen LogP contribution in [0.4, 0.5) is 0 Å². The number of amides is 2. The fraction of sp³-hybridized carbons (Fsp3) is 0.643. The Morgan fingerprint density at radius 2 is 1.95 bits per heavy atom. The SMILES string of the molecule is CC(=O)N1C[C@H](O)C[C@H]1C(=O)N[C@@H](CC=C(C)C)C(=O)O. The van der Waals surface area contributed by atoms with E-state index in [1.807, 2.05) is 13.8 Å². The highest BCUT2D eigenvalue weighted by atomic mass is 16.4. The first kappa shape index (κ1) is 17.2. The number of nitrogens with one attached hydrogen (secondary N) is 1. The van der Waals surface area contributed by atoms with E-state index in [2.05, 4.69) is 5.32 Å². The molecular weight excluding hydrogens is 276 g/mol. The van der Waals surface area contributed by atoms with Gasteiger partial charge in [-0.2, -0.15) is 0 Å². The van der Waals surface area contributed by atoms with Gasteiger partial charge in [0.05, 0.1) is 6.10 Å². The second-order valence-corrected chi connectivity index (χ2v) is 5.49. The quantitative estimate of drug-likeness (QED) is 0.614. The summed E-state index contributed by atoms with van der Waals surface area (Å²) < 4.78 is 0. The number of hydrogen-bond donors (Lipinski definition) is 3. The summed E-state index contributed by atoms with van der Waals surface area (Å²) in [6.07, 6.45) is 1.27. The van der Waals surface area contributed by atoms with Gasteiger partial charge in [-0.25, -0.2) is 4.79 Å². The van der Waals surface area contributed by atoms with Crippen LogP contribution in [0, 0.1) is 0 Å². The molecule has 0 unspecified atom stereocenters. The second kappa shape index (κ2) is 7.21. The number of carbonyl (C=O) groups excluding carboxylic acids is 2. The summed E-state index contributed by atoms with van der Waals surface area (Å²) in [5.41, 5.74) is 0.956. The highest BCUT2D eigenvalue weighted by molar-refractivity contribution is 5.90. The molecular formula is C14H22N2O5. The number of carboxylic acid groups (broad SMARTS) is 1. The molecule has 2 amide bonds. The minimum Gasteiger partial charge on any atom is -0.480 e. The molecule has 0 aliphatic carbocycles. The molecule has 118 valence electrons. The first-order valence-corrected chi connectivity index (χ1v) is 6.84. The Balaban J connectivity index is 2.74. The first-order chi connectivity index (χ1) is 9.72. The monoisotopic (exact) mass is 298 g/mol.